The van der Waals surface area contributed by atoms with Gasteiger partial charge in [-0.15, -0.1) is 0 Å². The fourth-order valence-electron chi connectivity index (χ4n) is 2.93. The van der Waals surface area contributed by atoms with Crippen molar-refractivity contribution < 1.29 is 19.1 Å². The number of alkyl carbamates (subject to hydrolysis) is 1. The zero-order valence-corrected chi connectivity index (χ0v) is 14.9. The molecule has 2 unspecified atom stereocenters. The molecule has 1 saturated carbocycles. The molecule has 0 bridgehead atoms. The summed E-state index contributed by atoms with van der Waals surface area (Å²) in [5.74, 6) is -0.719. The Bertz CT molecular complexity index is 645. The molecular weight excluding hydrogens is 334 g/mol. The number of carbonyl (C=O) groups excluding carboxylic acids is 2. The van der Waals surface area contributed by atoms with E-state index in [4.69, 9.17) is 14.9 Å². The van der Waals surface area contributed by atoms with Crippen LogP contribution in [0.3, 0.4) is 0 Å². The van der Waals surface area contributed by atoms with Gasteiger partial charge in [-0.25, -0.2) is 4.79 Å². The lowest BCUT2D eigenvalue weighted by Gasteiger charge is -2.30. The van der Waals surface area contributed by atoms with Gasteiger partial charge in [-0.3, -0.25) is 9.79 Å². The van der Waals surface area contributed by atoms with E-state index in [-0.39, 0.29) is 31.1 Å². The highest BCUT2D eigenvalue weighted by molar-refractivity contribution is 6.00. The van der Waals surface area contributed by atoms with Crippen molar-refractivity contribution in [1.29, 1.82) is 5.41 Å². The van der Waals surface area contributed by atoms with E-state index in [2.05, 4.69) is 10.3 Å². The highest BCUT2D eigenvalue weighted by Gasteiger charge is 2.30. The highest BCUT2D eigenvalue weighted by Crippen LogP contribution is 2.21. The van der Waals surface area contributed by atoms with Crippen LogP contribution in [0.1, 0.15) is 31.7 Å². The Morgan fingerprint density at radius 1 is 1.31 bits per heavy atom. The van der Waals surface area contributed by atoms with Crippen molar-refractivity contribution >= 4 is 24.0 Å². The number of esters is 1. The van der Waals surface area contributed by atoms with Gasteiger partial charge >= 0.3 is 12.1 Å². The van der Waals surface area contributed by atoms with Gasteiger partial charge in [0, 0.05) is 18.0 Å². The molecule has 0 aliphatic heterocycles. The number of hydrogen-bond donors (Lipinski definition) is 2. The quantitative estimate of drug-likeness (QED) is 0.577. The van der Waals surface area contributed by atoms with E-state index in [1.807, 2.05) is 30.3 Å². The van der Waals surface area contributed by atoms with Gasteiger partial charge in [0.1, 0.15) is 13.2 Å². The third-order valence-corrected chi connectivity index (χ3v) is 4.18. The van der Waals surface area contributed by atoms with Crippen molar-refractivity contribution in [2.45, 2.75) is 38.8 Å². The molecule has 0 spiro atoms. The normalized spacial score (nSPS) is 21.0. The summed E-state index contributed by atoms with van der Waals surface area (Å²) in [5.41, 5.74) is 1.65. The summed E-state index contributed by atoms with van der Waals surface area (Å²) in [6, 6.07) is 9.18. The van der Waals surface area contributed by atoms with Gasteiger partial charge in [-0.2, -0.15) is 0 Å². The van der Waals surface area contributed by atoms with E-state index in [0.29, 0.717) is 13.0 Å². The Morgan fingerprint density at radius 2 is 2.08 bits per heavy atom. The summed E-state index contributed by atoms with van der Waals surface area (Å²) < 4.78 is 10.1. The SMILES string of the molecule is CCOC(=O)CN=C1CCCC(NC(=O)OCc2ccccc2)C1C=N. The number of benzene rings is 1. The molecule has 0 aromatic heterocycles. The van der Waals surface area contributed by atoms with Crippen LogP contribution < -0.4 is 5.32 Å². The summed E-state index contributed by atoms with van der Waals surface area (Å²) in [6.07, 6.45) is 3.02. The van der Waals surface area contributed by atoms with Crippen molar-refractivity contribution in [2.75, 3.05) is 13.2 Å². The third kappa shape index (κ3) is 5.98. The summed E-state index contributed by atoms with van der Waals surface area (Å²) >= 11 is 0. The summed E-state index contributed by atoms with van der Waals surface area (Å²) in [7, 11) is 0. The maximum absolute atomic E-state index is 12.1. The second kappa shape index (κ2) is 10.3. The van der Waals surface area contributed by atoms with E-state index in [1.165, 1.54) is 6.21 Å². The predicted molar refractivity (Wildman–Crippen MR) is 98.6 cm³/mol. The topological polar surface area (TPSA) is 101 Å². The Kier molecular flexibility index (Phi) is 7.79. The van der Waals surface area contributed by atoms with Crippen LogP contribution in [-0.2, 0) is 20.9 Å². The highest BCUT2D eigenvalue weighted by atomic mass is 16.5. The molecule has 1 aromatic carbocycles. The summed E-state index contributed by atoms with van der Waals surface area (Å²) in [6.45, 7) is 2.19. The Morgan fingerprint density at radius 3 is 2.77 bits per heavy atom. The maximum Gasteiger partial charge on any atom is 0.407 e. The lowest BCUT2D eigenvalue weighted by molar-refractivity contribution is -0.141. The van der Waals surface area contributed by atoms with E-state index in [0.717, 1.165) is 24.1 Å². The van der Waals surface area contributed by atoms with Crippen molar-refractivity contribution in [3.63, 3.8) is 0 Å². The predicted octanol–water partition coefficient (Wildman–Crippen LogP) is 2.74. The third-order valence-electron chi connectivity index (χ3n) is 4.18. The van der Waals surface area contributed by atoms with Gasteiger partial charge in [0.05, 0.1) is 12.5 Å². The van der Waals surface area contributed by atoms with Gasteiger partial charge in [0.2, 0.25) is 0 Å². The van der Waals surface area contributed by atoms with Crippen LogP contribution in [-0.4, -0.2) is 43.2 Å². The van der Waals surface area contributed by atoms with Gasteiger partial charge in [-0.1, -0.05) is 30.3 Å². The minimum absolute atomic E-state index is 0.0569. The zero-order valence-electron chi connectivity index (χ0n) is 14.9. The fraction of sp³-hybridized carbons (Fsp3) is 0.474. The monoisotopic (exact) mass is 359 g/mol. The second-order valence-electron chi connectivity index (χ2n) is 6.01. The van der Waals surface area contributed by atoms with Crippen LogP contribution in [0.25, 0.3) is 0 Å². The van der Waals surface area contributed by atoms with Gasteiger partial charge < -0.3 is 20.2 Å². The number of nitrogens with zero attached hydrogens (tertiary/aromatic N) is 1. The lowest BCUT2D eigenvalue weighted by Crippen LogP contribution is -2.46. The minimum Gasteiger partial charge on any atom is -0.465 e. The number of hydrogen-bond acceptors (Lipinski definition) is 6. The van der Waals surface area contributed by atoms with Crippen molar-refractivity contribution in [2.24, 2.45) is 10.9 Å². The van der Waals surface area contributed by atoms with E-state index in [1.54, 1.807) is 6.92 Å². The molecule has 140 valence electrons. The van der Waals surface area contributed by atoms with Crippen LogP contribution in [0.15, 0.2) is 35.3 Å². The Hall–Kier alpha value is -2.70. The molecule has 0 radical (unpaired) electrons. The Labute approximate surface area is 153 Å². The molecule has 2 atom stereocenters. The average Bonchev–Trinajstić information content (AvgIpc) is 2.66. The zero-order chi connectivity index (χ0) is 18.8. The molecule has 2 rings (SSSR count). The number of carbonyl (C=O) groups is 2. The van der Waals surface area contributed by atoms with Crippen molar-refractivity contribution in [3.05, 3.63) is 35.9 Å². The molecule has 0 saturated heterocycles. The largest absolute Gasteiger partial charge is 0.465 e. The number of ether oxygens (including phenoxy) is 2. The number of rotatable bonds is 7. The molecule has 1 aliphatic rings. The standard InChI is InChI=1S/C19H25N3O4/c1-2-25-18(23)12-21-16-9-6-10-17(15(16)11-20)22-19(24)26-13-14-7-4-3-5-8-14/h3-5,7-8,11,15,17,20H,2,6,9-10,12-13H2,1H3,(H,22,24). The molecule has 1 fully saturated rings. The van der Waals surface area contributed by atoms with Crippen LogP contribution >= 0.6 is 0 Å². The molecule has 26 heavy (non-hydrogen) atoms. The molecule has 1 aromatic rings. The maximum atomic E-state index is 12.1. The molecule has 7 nitrogen and oxygen atoms in total. The first kappa shape index (κ1) is 19.6. The van der Waals surface area contributed by atoms with E-state index >= 15 is 0 Å². The smallest absolute Gasteiger partial charge is 0.407 e. The first-order valence-corrected chi connectivity index (χ1v) is 8.80. The average molecular weight is 359 g/mol. The van der Waals surface area contributed by atoms with Gasteiger partial charge in [0.15, 0.2) is 0 Å². The van der Waals surface area contributed by atoms with Crippen LogP contribution in [0.4, 0.5) is 4.79 Å². The van der Waals surface area contributed by atoms with Crippen molar-refractivity contribution in [1.82, 2.24) is 5.32 Å². The molecule has 7 heteroatoms. The minimum atomic E-state index is -0.516. The Balaban J connectivity index is 1.90. The number of aliphatic imine (C=N–C) groups is 1. The first-order chi connectivity index (χ1) is 12.6. The van der Waals surface area contributed by atoms with Crippen LogP contribution in [0.2, 0.25) is 0 Å². The van der Waals surface area contributed by atoms with E-state index < -0.39 is 6.09 Å². The lowest BCUT2D eigenvalue weighted by atomic mass is 9.83. The second-order valence-corrected chi connectivity index (χ2v) is 6.01. The number of nitrogens with one attached hydrogen (secondary N) is 2. The number of amides is 1. The van der Waals surface area contributed by atoms with Gasteiger partial charge in [-0.05, 0) is 31.7 Å². The molecule has 1 aliphatic carbocycles. The van der Waals surface area contributed by atoms with E-state index in [9.17, 15) is 9.59 Å². The van der Waals surface area contributed by atoms with Gasteiger partial charge in [0.25, 0.3) is 0 Å². The van der Waals surface area contributed by atoms with Crippen LogP contribution in [0, 0.1) is 11.3 Å². The van der Waals surface area contributed by atoms with Crippen LogP contribution in [0.5, 0.6) is 0 Å². The molecule has 1 amide bonds. The molecular formula is C19H25N3O4. The van der Waals surface area contributed by atoms with Crippen molar-refractivity contribution in [3.8, 4) is 0 Å². The summed E-state index contributed by atoms with van der Waals surface area (Å²) in [4.78, 5) is 27.9. The summed E-state index contributed by atoms with van der Waals surface area (Å²) in [5, 5.41) is 10.5. The molecule has 2 N–H and O–H groups in total. The fourth-order valence-corrected chi connectivity index (χ4v) is 2.93. The first-order valence-electron chi connectivity index (χ1n) is 8.80. The molecule has 0 heterocycles.